The van der Waals surface area contributed by atoms with Crippen LogP contribution in [0.5, 0.6) is 0 Å². The van der Waals surface area contributed by atoms with Crippen molar-refractivity contribution in [3.05, 3.63) is 71.5 Å². The van der Waals surface area contributed by atoms with Crippen LogP contribution in [0.2, 0.25) is 0 Å². The molecule has 0 aliphatic heterocycles. The van der Waals surface area contributed by atoms with Crippen molar-refractivity contribution in [2.24, 2.45) is 0 Å². The van der Waals surface area contributed by atoms with Crippen LogP contribution >= 0.6 is 0 Å². The quantitative estimate of drug-likeness (QED) is 0.739. The molecule has 2 aromatic carbocycles. The number of urea groups is 1. The highest BCUT2D eigenvalue weighted by Crippen LogP contribution is 2.16. The fourth-order valence-electron chi connectivity index (χ4n) is 2.44. The van der Waals surface area contributed by atoms with E-state index >= 15 is 0 Å². The second-order valence-corrected chi connectivity index (χ2v) is 6.20. The predicted octanol–water partition coefficient (Wildman–Crippen LogP) is 3.43. The lowest BCUT2D eigenvalue weighted by Crippen LogP contribution is -2.38. The Bertz CT molecular complexity index is 844. The van der Waals surface area contributed by atoms with Crippen molar-refractivity contribution in [3.63, 3.8) is 0 Å². The number of amides is 2. The summed E-state index contributed by atoms with van der Waals surface area (Å²) in [5.74, 6) is 1.08. The summed E-state index contributed by atoms with van der Waals surface area (Å²) in [5, 5.41) is 6.89. The first-order valence-corrected chi connectivity index (χ1v) is 8.54. The molecular weight excluding hydrogens is 328 g/mol. The lowest BCUT2D eigenvalue weighted by Gasteiger charge is -2.17. The fraction of sp³-hybridized carbons (Fsp3) is 0.250. The van der Waals surface area contributed by atoms with E-state index in [0.29, 0.717) is 31.2 Å². The van der Waals surface area contributed by atoms with Crippen molar-refractivity contribution in [3.8, 4) is 11.5 Å². The molecule has 0 spiro atoms. The van der Waals surface area contributed by atoms with Gasteiger partial charge in [-0.3, -0.25) is 0 Å². The maximum atomic E-state index is 12.2. The second-order valence-electron chi connectivity index (χ2n) is 6.20. The number of aromatic nitrogens is 2. The topological polar surface area (TPSA) is 71.3 Å². The summed E-state index contributed by atoms with van der Waals surface area (Å²) in [5.41, 5.74) is 3.16. The molecular formula is C20H22N4O2. The third kappa shape index (κ3) is 4.69. The van der Waals surface area contributed by atoms with E-state index in [2.05, 4.69) is 15.5 Å². The van der Waals surface area contributed by atoms with Crippen molar-refractivity contribution in [2.45, 2.75) is 19.9 Å². The zero-order valence-corrected chi connectivity index (χ0v) is 15.0. The van der Waals surface area contributed by atoms with E-state index in [-0.39, 0.29) is 6.03 Å². The number of carbonyl (C=O) groups is 1. The number of hydrogen-bond acceptors (Lipinski definition) is 4. The van der Waals surface area contributed by atoms with Gasteiger partial charge in [-0.2, -0.15) is 4.98 Å². The van der Waals surface area contributed by atoms with Gasteiger partial charge in [-0.15, -0.1) is 0 Å². The van der Waals surface area contributed by atoms with E-state index in [4.69, 9.17) is 4.52 Å². The average molecular weight is 350 g/mol. The van der Waals surface area contributed by atoms with Crippen LogP contribution in [0.4, 0.5) is 4.79 Å². The van der Waals surface area contributed by atoms with Gasteiger partial charge in [0.15, 0.2) is 5.82 Å². The van der Waals surface area contributed by atoms with Crippen LogP contribution < -0.4 is 5.32 Å². The Morgan fingerprint density at radius 1 is 1.12 bits per heavy atom. The smallest absolute Gasteiger partial charge is 0.317 e. The van der Waals surface area contributed by atoms with E-state index < -0.39 is 0 Å². The van der Waals surface area contributed by atoms with E-state index in [0.717, 1.165) is 11.1 Å². The molecule has 0 aliphatic rings. The second kappa shape index (κ2) is 8.29. The zero-order chi connectivity index (χ0) is 18.4. The number of likely N-dealkylation sites (N-methyl/N-ethyl adjacent to an activating group) is 1. The molecule has 0 aliphatic carbocycles. The first-order valence-electron chi connectivity index (χ1n) is 8.54. The van der Waals surface area contributed by atoms with Gasteiger partial charge in [0.2, 0.25) is 0 Å². The van der Waals surface area contributed by atoms with Crippen molar-refractivity contribution in [1.82, 2.24) is 20.4 Å². The molecule has 1 heterocycles. The minimum atomic E-state index is -0.127. The Labute approximate surface area is 152 Å². The van der Waals surface area contributed by atoms with Crippen LogP contribution in [0.15, 0.2) is 59.1 Å². The third-order valence-corrected chi connectivity index (χ3v) is 4.07. The molecule has 2 amide bonds. The van der Waals surface area contributed by atoms with Gasteiger partial charge < -0.3 is 14.7 Å². The van der Waals surface area contributed by atoms with Gasteiger partial charge in [-0.25, -0.2) is 4.79 Å². The summed E-state index contributed by atoms with van der Waals surface area (Å²) in [6.07, 6.45) is 0.533. The minimum absolute atomic E-state index is 0.127. The summed E-state index contributed by atoms with van der Waals surface area (Å²) < 4.78 is 5.28. The molecule has 134 valence electrons. The lowest BCUT2D eigenvalue weighted by molar-refractivity contribution is 0.208. The molecule has 1 aromatic heterocycles. The third-order valence-electron chi connectivity index (χ3n) is 4.07. The largest absolute Gasteiger partial charge is 0.334 e. The minimum Gasteiger partial charge on any atom is -0.334 e. The normalized spacial score (nSPS) is 10.5. The Kier molecular flexibility index (Phi) is 5.63. The number of nitrogens with one attached hydrogen (secondary N) is 1. The van der Waals surface area contributed by atoms with Crippen molar-refractivity contribution in [2.75, 3.05) is 13.6 Å². The SMILES string of the molecule is Cc1ccc(CNC(=O)N(C)CCc2noc(-c3ccccc3)n2)cc1. The molecule has 6 heteroatoms. The molecule has 3 aromatic rings. The molecule has 0 saturated heterocycles. The monoisotopic (exact) mass is 350 g/mol. The highest BCUT2D eigenvalue weighted by atomic mass is 16.5. The van der Waals surface area contributed by atoms with E-state index in [1.807, 2.05) is 61.5 Å². The summed E-state index contributed by atoms with van der Waals surface area (Å²) in [7, 11) is 1.75. The number of nitrogens with zero attached hydrogens (tertiary/aromatic N) is 3. The number of carbonyl (C=O) groups excluding carboxylic acids is 1. The molecule has 0 atom stereocenters. The van der Waals surface area contributed by atoms with Crippen LogP contribution in [0.1, 0.15) is 17.0 Å². The Hall–Kier alpha value is -3.15. The van der Waals surface area contributed by atoms with Gasteiger partial charge in [-0.05, 0) is 24.6 Å². The number of rotatable bonds is 6. The highest BCUT2D eigenvalue weighted by molar-refractivity contribution is 5.73. The molecule has 6 nitrogen and oxygen atoms in total. The van der Waals surface area contributed by atoms with Crippen LogP contribution in [0.3, 0.4) is 0 Å². The van der Waals surface area contributed by atoms with Gasteiger partial charge in [0.25, 0.3) is 5.89 Å². The van der Waals surface area contributed by atoms with Gasteiger partial charge in [-0.1, -0.05) is 53.2 Å². The first-order chi connectivity index (χ1) is 12.6. The van der Waals surface area contributed by atoms with Gasteiger partial charge >= 0.3 is 6.03 Å². The predicted molar refractivity (Wildman–Crippen MR) is 99.5 cm³/mol. The van der Waals surface area contributed by atoms with Crippen LogP contribution in [-0.4, -0.2) is 34.7 Å². The maximum absolute atomic E-state index is 12.2. The molecule has 0 bridgehead atoms. The van der Waals surface area contributed by atoms with E-state index in [9.17, 15) is 4.79 Å². The Balaban J connectivity index is 1.47. The summed E-state index contributed by atoms with van der Waals surface area (Å²) in [4.78, 5) is 18.2. The van der Waals surface area contributed by atoms with Crippen molar-refractivity contribution >= 4 is 6.03 Å². The summed E-state index contributed by atoms with van der Waals surface area (Å²) in [6, 6.07) is 17.6. The summed E-state index contributed by atoms with van der Waals surface area (Å²) >= 11 is 0. The van der Waals surface area contributed by atoms with E-state index in [1.165, 1.54) is 5.56 Å². The van der Waals surface area contributed by atoms with Gasteiger partial charge in [0.05, 0.1) is 0 Å². The molecule has 0 saturated carbocycles. The van der Waals surface area contributed by atoms with Crippen LogP contribution in [0, 0.1) is 6.92 Å². The Morgan fingerprint density at radius 2 is 1.85 bits per heavy atom. The maximum Gasteiger partial charge on any atom is 0.317 e. The van der Waals surface area contributed by atoms with Gasteiger partial charge in [0.1, 0.15) is 0 Å². The highest BCUT2D eigenvalue weighted by Gasteiger charge is 2.12. The molecule has 3 rings (SSSR count). The molecule has 0 fully saturated rings. The molecule has 26 heavy (non-hydrogen) atoms. The Morgan fingerprint density at radius 3 is 2.58 bits per heavy atom. The standard InChI is InChI=1S/C20H22N4O2/c1-15-8-10-16(11-9-15)14-21-20(25)24(2)13-12-18-22-19(26-23-18)17-6-4-3-5-7-17/h3-11H,12-14H2,1-2H3,(H,21,25). The van der Waals surface area contributed by atoms with Crippen molar-refractivity contribution < 1.29 is 9.32 Å². The number of aryl methyl sites for hydroxylation is 1. The molecule has 0 radical (unpaired) electrons. The van der Waals surface area contributed by atoms with Crippen LogP contribution in [-0.2, 0) is 13.0 Å². The number of hydrogen-bond donors (Lipinski definition) is 1. The fourth-order valence-corrected chi connectivity index (χ4v) is 2.44. The zero-order valence-electron chi connectivity index (χ0n) is 15.0. The lowest BCUT2D eigenvalue weighted by atomic mass is 10.1. The average Bonchev–Trinajstić information content (AvgIpc) is 3.15. The van der Waals surface area contributed by atoms with Crippen molar-refractivity contribution in [1.29, 1.82) is 0 Å². The van der Waals surface area contributed by atoms with E-state index in [1.54, 1.807) is 11.9 Å². The molecule has 0 unspecified atom stereocenters. The van der Waals surface area contributed by atoms with Crippen LogP contribution in [0.25, 0.3) is 11.5 Å². The molecule has 1 N–H and O–H groups in total. The number of benzene rings is 2. The van der Waals surface area contributed by atoms with Gasteiger partial charge in [0, 0.05) is 32.1 Å². The summed E-state index contributed by atoms with van der Waals surface area (Å²) in [6.45, 7) is 3.05. The first kappa shape index (κ1) is 17.7.